The average Bonchev–Trinajstić information content (AvgIpc) is 3.45. The second kappa shape index (κ2) is 10.1. The van der Waals surface area contributed by atoms with Crippen LogP contribution in [0.4, 0.5) is 0 Å². The Hall–Kier alpha value is -2.16. The molecule has 0 spiro atoms. The van der Waals surface area contributed by atoms with Gasteiger partial charge in [0.05, 0.1) is 16.8 Å². The summed E-state index contributed by atoms with van der Waals surface area (Å²) in [6.07, 6.45) is 6.90. The van der Waals surface area contributed by atoms with E-state index in [1.54, 1.807) is 22.6 Å². The second-order valence-electron chi connectivity index (χ2n) is 10.8. The number of hydrogen-bond acceptors (Lipinski definition) is 4. The minimum atomic E-state index is -3.16. The Morgan fingerprint density at radius 1 is 1.20 bits per heavy atom. The zero-order valence-electron chi connectivity index (χ0n) is 21.2. The van der Waals surface area contributed by atoms with Gasteiger partial charge in [-0.15, -0.1) is 11.3 Å². The number of nitrogens with two attached hydrogens (primary N) is 1. The number of aromatic nitrogens is 1. The van der Waals surface area contributed by atoms with Crippen molar-refractivity contribution in [2.24, 2.45) is 11.1 Å². The monoisotopic (exact) mass is 515 g/mol. The Morgan fingerprint density at radius 2 is 1.91 bits per heavy atom. The normalized spacial score (nSPS) is 16.2. The molecule has 3 N–H and O–H groups in total. The van der Waals surface area contributed by atoms with Gasteiger partial charge in [0, 0.05) is 34.4 Å². The van der Waals surface area contributed by atoms with Crippen LogP contribution in [0, 0.1) is 5.41 Å². The smallest absolute Gasteiger partial charge is 0.250 e. The standard InChI is InChI=1S/C27H37N3O3S2/c1-5-35(32,33)30-13-10-18(11-14-30)23-17-29-25-21(23)15-19(16-22(25)26(28)31)24-9-8-20(34-24)7-6-12-27(2,3)4/h8-9,15-18,29H,5-7,10-14H2,1-4H3,(H2,28,31). The van der Waals surface area contributed by atoms with Crippen molar-refractivity contribution in [1.29, 1.82) is 0 Å². The third kappa shape index (κ3) is 5.81. The number of rotatable bonds is 8. The predicted molar refractivity (Wildman–Crippen MR) is 146 cm³/mol. The number of primary amides is 1. The zero-order chi connectivity index (χ0) is 25.4. The van der Waals surface area contributed by atoms with E-state index in [0.29, 0.717) is 24.1 Å². The molecule has 190 valence electrons. The van der Waals surface area contributed by atoms with Crippen LogP contribution in [0.2, 0.25) is 0 Å². The van der Waals surface area contributed by atoms with E-state index < -0.39 is 15.9 Å². The summed E-state index contributed by atoms with van der Waals surface area (Å²) >= 11 is 1.78. The maximum absolute atomic E-state index is 12.3. The molecular weight excluding hydrogens is 478 g/mol. The maximum atomic E-state index is 12.3. The molecule has 1 aliphatic heterocycles. The maximum Gasteiger partial charge on any atom is 0.250 e. The fourth-order valence-electron chi connectivity index (χ4n) is 5.02. The van der Waals surface area contributed by atoms with Gasteiger partial charge in [0.2, 0.25) is 10.0 Å². The number of aromatic amines is 1. The van der Waals surface area contributed by atoms with E-state index in [1.807, 2.05) is 12.3 Å². The number of H-pyrrole nitrogens is 1. The number of thiophene rings is 1. The number of sulfonamides is 1. The quantitative estimate of drug-likeness (QED) is 0.391. The molecule has 1 fully saturated rings. The van der Waals surface area contributed by atoms with Crippen LogP contribution in [0.1, 0.15) is 80.1 Å². The van der Waals surface area contributed by atoms with Crippen LogP contribution in [-0.4, -0.2) is 42.5 Å². The lowest BCUT2D eigenvalue weighted by Crippen LogP contribution is -2.38. The van der Waals surface area contributed by atoms with Gasteiger partial charge >= 0.3 is 0 Å². The van der Waals surface area contributed by atoms with Crippen LogP contribution in [0.25, 0.3) is 21.3 Å². The molecule has 8 heteroatoms. The summed E-state index contributed by atoms with van der Waals surface area (Å²) in [6.45, 7) is 9.56. The van der Waals surface area contributed by atoms with Gasteiger partial charge in [-0.3, -0.25) is 4.79 Å². The lowest BCUT2D eigenvalue weighted by atomic mass is 9.89. The third-order valence-electron chi connectivity index (χ3n) is 7.03. The van der Waals surface area contributed by atoms with E-state index in [0.717, 1.165) is 52.6 Å². The number of amides is 1. The van der Waals surface area contributed by atoms with E-state index in [1.165, 1.54) is 11.3 Å². The molecule has 1 aliphatic rings. The number of nitrogens with one attached hydrogen (secondary N) is 1. The lowest BCUT2D eigenvalue weighted by molar-refractivity contribution is 0.100. The number of benzene rings is 1. The van der Waals surface area contributed by atoms with E-state index >= 15 is 0 Å². The highest BCUT2D eigenvalue weighted by atomic mass is 32.2. The molecule has 0 bridgehead atoms. The van der Waals surface area contributed by atoms with E-state index in [2.05, 4.69) is 44.0 Å². The molecule has 1 amide bonds. The van der Waals surface area contributed by atoms with Crippen LogP contribution in [0.15, 0.2) is 30.5 Å². The van der Waals surface area contributed by atoms with Crippen molar-refractivity contribution in [3.05, 3.63) is 46.5 Å². The molecule has 0 radical (unpaired) electrons. The summed E-state index contributed by atoms with van der Waals surface area (Å²) < 4.78 is 26.1. The number of hydrogen-bond donors (Lipinski definition) is 2. The molecule has 0 aliphatic carbocycles. The first-order valence-electron chi connectivity index (χ1n) is 12.5. The van der Waals surface area contributed by atoms with Crippen LogP contribution in [0.5, 0.6) is 0 Å². The minimum absolute atomic E-state index is 0.134. The Balaban J connectivity index is 1.62. The fourth-order valence-corrected chi connectivity index (χ4v) is 7.18. The third-order valence-corrected chi connectivity index (χ3v) is 10.1. The highest BCUT2D eigenvalue weighted by Gasteiger charge is 2.29. The summed E-state index contributed by atoms with van der Waals surface area (Å²) in [5, 5.41) is 1.01. The molecule has 1 aromatic carbocycles. The van der Waals surface area contributed by atoms with Crippen LogP contribution in [-0.2, 0) is 16.4 Å². The van der Waals surface area contributed by atoms with E-state index in [4.69, 9.17) is 5.73 Å². The Labute approximate surface area is 213 Å². The SMILES string of the molecule is CCS(=O)(=O)N1CCC(c2c[nH]c3c(C(N)=O)cc(-c4ccc(CCCC(C)(C)C)s4)cc23)CC1. The first kappa shape index (κ1) is 25.9. The molecule has 3 aromatic rings. The van der Waals surface area contributed by atoms with Crippen molar-refractivity contribution in [3.63, 3.8) is 0 Å². The van der Waals surface area contributed by atoms with Gasteiger partial charge in [0.15, 0.2) is 0 Å². The summed E-state index contributed by atoms with van der Waals surface area (Å²) in [5.41, 5.74) is 9.52. The van der Waals surface area contributed by atoms with E-state index in [-0.39, 0.29) is 11.7 Å². The zero-order valence-corrected chi connectivity index (χ0v) is 22.8. The summed E-state index contributed by atoms with van der Waals surface area (Å²) in [7, 11) is -3.16. The van der Waals surface area contributed by atoms with Crippen molar-refractivity contribution < 1.29 is 13.2 Å². The van der Waals surface area contributed by atoms with Crippen LogP contribution < -0.4 is 5.73 Å². The number of nitrogens with zero attached hydrogens (tertiary/aromatic N) is 1. The second-order valence-corrected chi connectivity index (χ2v) is 14.2. The van der Waals surface area contributed by atoms with Gasteiger partial charge < -0.3 is 10.7 Å². The van der Waals surface area contributed by atoms with Crippen molar-refractivity contribution in [3.8, 4) is 10.4 Å². The number of piperidine rings is 1. The molecule has 6 nitrogen and oxygen atoms in total. The topological polar surface area (TPSA) is 96.3 Å². The number of fused-ring (bicyclic) bond motifs is 1. The van der Waals surface area contributed by atoms with Gasteiger partial charge in [-0.05, 0) is 85.8 Å². The number of carbonyl (C=O) groups excluding carboxylic acids is 1. The van der Waals surface area contributed by atoms with Gasteiger partial charge in [-0.2, -0.15) is 0 Å². The molecule has 4 rings (SSSR count). The average molecular weight is 516 g/mol. The Morgan fingerprint density at radius 3 is 2.54 bits per heavy atom. The Bertz CT molecular complexity index is 1310. The largest absolute Gasteiger partial charge is 0.366 e. The summed E-state index contributed by atoms with van der Waals surface area (Å²) in [6, 6.07) is 8.39. The Kier molecular flexibility index (Phi) is 7.46. The molecule has 1 saturated heterocycles. The minimum Gasteiger partial charge on any atom is -0.366 e. The van der Waals surface area contributed by atoms with Gasteiger partial charge in [0.25, 0.3) is 5.91 Å². The molecule has 3 heterocycles. The molecule has 0 atom stereocenters. The molecular formula is C27H37N3O3S2. The van der Waals surface area contributed by atoms with Crippen LogP contribution in [0.3, 0.4) is 0 Å². The first-order valence-corrected chi connectivity index (χ1v) is 14.9. The van der Waals surface area contributed by atoms with Gasteiger partial charge in [-0.1, -0.05) is 20.8 Å². The fraction of sp³-hybridized carbons (Fsp3) is 0.519. The molecule has 0 unspecified atom stereocenters. The first-order chi connectivity index (χ1) is 16.5. The number of carbonyl (C=O) groups is 1. The molecule has 35 heavy (non-hydrogen) atoms. The van der Waals surface area contributed by atoms with Crippen molar-refractivity contribution in [2.75, 3.05) is 18.8 Å². The van der Waals surface area contributed by atoms with Crippen molar-refractivity contribution in [1.82, 2.24) is 9.29 Å². The predicted octanol–water partition coefficient (Wildman–Crippen LogP) is 5.89. The van der Waals surface area contributed by atoms with Gasteiger partial charge in [0.1, 0.15) is 0 Å². The van der Waals surface area contributed by atoms with E-state index in [9.17, 15) is 13.2 Å². The molecule has 2 aromatic heterocycles. The van der Waals surface area contributed by atoms with Crippen molar-refractivity contribution >= 4 is 38.2 Å². The van der Waals surface area contributed by atoms with Crippen LogP contribution >= 0.6 is 11.3 Å². The lowest BCUT2D eigenvalue weighted by Gasteiger charge is -2.31. The number of aryl methyl sites for hydroxylation is 1. The highest BCUT2D eigenvalue weighted by molar-refractivity contribution is 7.89. The van der Waals surface area contributed by atoms with Gasteiger partial charge in [-0.25, -0.2) is 12.7 Å². The summed E-state index contributed by atoms with van der Waals surface area (Å²) in [5.74, 6) is -0.0786. The summed E-state index contributed by atoms with van der Waals surface area (Å²) in [4.78, 5) is 18.1. The molecule has 0 saturated carbocycles. The van der Waals surface area contributed by atoms with Crippen molar-refractivity contribution in [2.45, 2.75) is 65.7 Å². The highest BCUT2D eigenvalue weighted by Crippen LogP contribution is 2.39.